The van der Waals surface area contributed by atoms with Crippen LogP contribution in [-0.2, 0) is 6.42 Å². The van der Waals surface area contributed by atoms with Crippen molar-refractivity contribution in [1.29, 1.82) is 0 Å². The van der Waals surface area contributed by atoms with Gasteiger partial charge in [-0.1, -0.05) is 13.8 Å². The highest BCUT2D eigenvalue weighted by Gasteiger charge is 2.31. The van der Waals surface area contributed by atoms with E-state index >= 15 is 0 Å². The second-order valence-electron chi connectivity index (χ2n) is 4.45. The molecule has 0 bridgehead atoms. The molecule has 0 saturated carbocycles. The second-order valence-corrected chi connectivity index (χ2v) is 5.30. The van der Waals surface area contributed by atoms with E-state index in [0.29, 0.717) is 6.42 Å². The lowest BCUT2D eigenvalue weighted by molar-refractivity contribution is 0.0912. The van der Waals surface area contributed by atoms with Gasteiger partial charge in [0.2, 0.25) is 0 Å². The van der Waals surface area contributed by atoms with Crippen LogP contribution in [0, 0.1) is 5.41 Å². The number of Topliss-reactive ketones (excluding diaryl/α,β-unsaturated/α-hetero) is 1. The van der Waals surface area contributed by atoms with Crippen molar-refractivity contribution in [3.8, 4) is 0 Å². The van der Waals surface area contributed by atoms with Crippen LogP contribution in [0.2, 0.25) is 0 Å². The van der Waals surface area contributed by atoms with E-state index in [1.165, 1.54) is 0 Å². The molecular weight excluding hydrogens is 230 g/mol. The van der Waals surface area contributed by atoms with Crippen LogP contribution in [0.5, 0.6) is 0 Å². The van der Waals surface area contributed by atoms with Crippen LogP contribution in [0.25, 0.3) is 0 Å². The summed E-state index contributed by atoms with van der Waals surface area (Å²) >= 11 is 3.35. The first kappa shape index (κ1) is 9.00. The highest BCUT2D eigenvalue weighted by Crippen LogP contribution is 2.35. The number of rotatable bonds is 0. The average molecular weight is 242 g/mol. The van der Waals surface area contributed by atoms with Gasteiger partial charge in [-0.3, -0.25) is 4.79 Å². The molecule has 0 aromatic carbocycles. The van der Waals surface area contributed by atoms with Crippen molar-refractivity contribution in [1.82, 2.24) is 4.98 Å². The Kier molecular flexibility index (Phi) is 1.88. The van der Waals surface area contributed by atoms with E-state index in [9.17, 15) is 4.79 Å². The molecule has 3 heteroatoms. The van der Waals surface area contributed by atoms with Gasteiger partial charge >= 0.3 is 0 Å². The third-order valence-electron chi connectivity index (χ3n) is 2.46. The largest absolute Gasteiger partial charge is 0.353 e. The standard InChI is InChI=1S/C10H12BrNO/c1-10(2)4-7-6(8(13)5-10)3-9(11)12-7/h3,12H,4-5H2,1-2H3. The van der Waals surface area contributed by atoms with Crippen LogP contribution in [0.4, 0.5) is 0 Å². The molecule has 1 aromatic rings. The molecule has 0 saturated heterocycles. The molecule has 70 valence electrons. The van der Waals surface area contributed by atoms with Gasteiger partial charge in [-0.25, -0.2) is 0 Å². The zero-order valence-electron chi connectivity index (χ0n) is 7.78. The van der Waals surface area contributed by atoms with Crippen LogP contribution < -0.4 is 0 Å². The van der Waals surface area contributed by atoms with Crippen LogP contribution >= 0.6 is 15.9 Å². The normalized spacial score (nSPS) is 20.1. The quantitative estimate of drug-likeness (QED) is 0.745. The van der Waals surface area contributed by atoms with Gasteiger partial charge in [0.25, 0.3) is 0 Å². The first-order valence-corrected chi connectivity index (χ1v) is 5.18. The van der Waals surface area contributed by atoms with E-state index in [2.05, 4.69) is 34.8 Å². The lowest BCUT2D eigenvalue weighted by atomic mass is 9.76. The van der Waals surface area contributed by atoms with Crippen molar-refractivity contribution < 1.29 is 4.79 Å². The summed E-state index contributed by atoms with van der Waals surface area (Å²) in [6.45, 7) is 4.26. The molecule has 2 nitrogen and oxygen atoms in total. The summed E-state index contributed by atoms with van der Waals surface area (Å²) in [6, 6.07) is 1.88. The molecule has 1 heterocycles. The van der Waals surface area contributed by atoms with Crippen molar-refractivity contribution >= 4 is 21.7 Å². The molecule has 0 amide bonds. The number of carbonyl (C=O) groups is 1. The van der Waals surface area contributed by atoms with Crippen molar-refractivity contribution in [3.63, 3.8) is 0 Å². The molecule has 1 aliphatic carbocycles. The molecule has 0 radical (unpaired) electrons. The van der Waals surface area contributed by atoms with Gasteiger partial charge in [0.05, 0.1) is 4.60 Å². The number of ketones is 1. The minimum Gasteiger partial charge on any atom is -0.353 e. The molecule has 13 heavy (non-hydrogen) atoms. The molecule has 1 aliphatic rings. The Labute approximate surface area is 85.9 Å². The monoisotopic (exact) mass is 241 g/mol. The van der Waals surface area contributed by atoms with E-state index in [0.717, 1.165) is 22.3 Å². The zero-order valence-corrected chi connectivity index (χ0v) is 9.36. The maximum Gasteiger partial charge on any atom is 0.165 e. The summed E-state index contributed by atoms with van der Waals surface area (Å²) in [5, 5.41) is 0. The Morgan fingerprint density at radius 3 is 2.85 bits per heavy atom. The fraction of sp³-hybridized carbons (Fsp3) is 0.500. The highest BCUT2D eigenvalue weighted by molar-refractivity contribution is 9.10. The number of nitrogens with one attached hydrogen (secondary N) is 1. The molecule has 0 spiro atoms. The van der Waals surface area contributed by atoms with Crippen LogP contribution in [0.1, 0.15) is 36.3 Å². The first-order chi connectivity index (χ1) is 5.98. The minimum atomic E-state index is 0.106. The van der Waals surface area contributed by atoms with Crippen molar-refractivity contribution in [2.24, 2.45) is 5.41 Å². The summed E-state index contributed by atoms with van der Waals surface area (Å²) < 4.78 is 0.906. The third kappa shape index (κ3) is 1.57. The molecule has 0 aliphatic heterocycles. The number of hydrogen-bond donors (Lipinski definition) is 1. The third-order valence-corrected chi connectivity index (χ3v) is 2.89. The average Bonchev–Trinajstić information content (AvgIpc) is 2.27. The maximum absolute atomic E-state index is 11.7. The Bertz CT molecular complexity index is 365. The highest BCUT2D eigenvalue weighted by atomic mass is 79.9. The second kappa shape index (κ2) is 2.71. The summed E-state index contributed by atoms with van der Waals surface area (Å²) in [4.78, 5) is 14.9. The fourth-order valence-corrected chi connectivity index (χ4v) is 2.39. The van der Waals surface area contributed by atoms with Crippen LogP contribution in [-0.4, -0.2) is 10.8 Å². The minimum absolute atomic E-state index is 0.106. The zero-order chi connectivity index (χ0) is 9.64. The summed E-state index contributed by atoms with van der Waals surface area (Å²) in [5.41, 5.74) is 2.05. The SMILES string of the molecule is CC1(C)CC(=O)c2cc(Br)[nH]c2C1. The van der Waals surface area contributed by atoms with Gasteiger partial charge in [-0.05, 0) is 33.8 Å². The van der Waals surface area contributed by atoms with Crippen molar-refractivity contribution in [2.75, 3.05) is 0 Å². The number of aromatic nitrogens is 1. The number of carbonyl (C=O) groups excluding carboxylic acids is 1. The summed E-state index contributed by atoms with van der Waals surface area (Å²) in [5.74, 6) is 0.258. The Hall–Kier alpha value is -0.570. The van der Waals surface area contributed by atoms with Gasteiger partial charge in [-0.2, -0.15) is 0 Å². The summed E-state index contributed by atoms with van der Waals surface area (Å²) in [7, 11) is 0. The van der Waals surface area contributed by atoms with Gasteiger partial charge < -0.3 is 4.98 Å². The number of halogens is 1. The molecule has 1 N–H and O–H groups in total. The van der Waals surface area contributed by atoms with Crippen LogP contribution in [0.3, 0.4) is 0 Å². The van der Waals surface area contributed by atoms with E-state index in [-0.39, 0.29) is 11.2 Å². The van der Waals surface area contributed by atoms with Gasteiger partial charge in [0, 0.05) is 17.7 Å². The topological polar surface area (TPSA) is 32.9 Å². The molecule has 0 atom stereocenters. The van der Waals surface area contributed by atoms with E-state index in [4.69, 9.17) is 0 Å². The van der Waals surface area contributed by atoms with Gasteiger partial charge in [0.1, 0.15) is 0 Å². The lowest BCUT2D eigenvalue weighted by Crippen LogP contribution is -2.26. The van der Waals surface area contributed by atoms with E-state index in [1.54, 1.807) is 0 Å². The van der Waals surface area contributed by atoms with Gasteiger partial charge in [0.15, 0.2) is 5.78 Å². The van der Waals surface area contributed by atoms with Crippen molar-refractivity contribution in [3.05, 3.63) is 21.9 Å². The lowest BCUT2D eigenvalue weighted by Gasteiger charge is -2.27. The predicted molar refractivity (Wildman–Crippen MR) is 54.9 cm³/mol. The van der Waals surface area contributed by atoms with Crippen molar-refractivity contribution in [2.45, 2.75) is 26.7 Å². The molecule has 0 fully saturated rings. The Morgan fingerprint density at radius 2 is 2.15 bits per heavy atom. The molecule has 1 aromatic heterocycles. The predicted octanol–water partition coefficient (Wildman–Crippen LogP) is 2.93. The summed E-state index contributed by atoms with van der Waals surface area (Å²) in [6.07, 6.45) is 1.62. The fourth-order valence-electron chi connectivity index (χ4n) is 1.92. The smallest absolute Gasteiger partial charge is 0.165 e. The van der Waals surface area contributed by atoms with E-state index < -0.39 is 0 Å². The van der Waals surface area contributed by atoms with Gasteiger partial charge in [-0.15, -0.1) is 0 Å². The molecule has 0 unspecified atom stereocenters. The first-order valence-electron chi connectivity index (χ1n) is 4.38. The molecular formula is C10H12BrNO. The molecule has 2 rings (SSSR count). The Balaban J connectivity index is 2.48. The number of hydrogen-bond acceptors (Lipinski definition) is 1. The number of aromatic amines is 1. The van der Waals surface area contributed by atoms with Crippen LogP contribution in [0.15, 0.2) is 10.7 Å². The Morgan fingerprint density at radius 1 is 1.46 bits per heavy atom. The number of fused-ring (bicyclic) bond motifs is 1. The maximum atomic E-state index is 11.7. The van der Waals surface area contributed by atoms with E-state index in [1.807, 2.05) is 6.07 Å². The number of H-pyrrole nitrogens is 1.